The van der Waals surface area contributed by atoms with Gasteiger partial charge in [-0.05, 0) is 25.5 Å². The third-order valence-electron chi connectivity index (χ3n) is 3.38. The molecule has 1 N–H and O–H groups in total. The summed E-state index contributed by atoms with van der Waals surface area (Å²) in [5.41, 5.74) is 0.578. The fourth-order valence-electron chi connectivity index (χ4n) is 2.43. The minimum atomic E-state index is -0.712. The molecule has 5 nitrogen and oxygen atoms in total. The van der Waals surface area contributed by atoms with Crippen LogP contribution in [0.3, 0.4) is 0 Å². The Labute approximate surface area is 128 Å². The third kappa shape index (κ3) is 3.08. The molecular formula is C15H17ClN2O3. The van der Waals surface area contributed by atoms with Gasteiger partial charge in [-0.1, -0.05) is 31.0 Å². The van der Waals surface area contributed by atoms with Crippen LogP contribution in [-0.2, 0) is 9.59 Å². The van der Waals surface area contributed by atoms with Crippen molar-refractivity contribution < 1.29 is 14.4 Å². The molecule has 1 aliphatic rings. The van der Waals surface area contributed by atoms with Crippen molar-refractivity contribution in [1.29, 1.82) is 0 Å². The zero-order valence-electron chi connectivity index (χ0n) is 12.0. The van der Waals surface area contributed by atoms with Crippen molar-refractivity contribution in [3.8, 4) is 0 Å². The molecule has 0 bridgehead atoms. The summed E-state index contributed by atoms with van der Waals surface area (Å²) in [5.74, 6) is -1.66. The highest BCUT2D eigenvalue weighted by Gasteiger charge is 2.38. The Morgan fingerprint density at radius 3 is 2.76 bits per heavy atom. The predicted octanol–water partition coefficient (Wildman–Crippen LogP) is 2.17. The van der Waals surface area contributed by atoms with E-state index in [1.807, 2.05) is 13.8 Å². The zero-order valence-corrected chi connectivity index (χ0v) is 12.7. The summed E-state index contributed by atoms with van der Waals surface area (Å²) in [5, 5.41) is 3.04. The summed E-state index contributed by atoms with van der Waals surface area (Å²) >= 11 is 5.96. The number of carbonyl (C=O) groups is 3. The van der Waals surface area contributed by atoms with Gasteiger partial charge in [-0.25, -0.2) is 0 Å². The fraction of sp³-hybridized carbons (Fsp3) is 0.400. The van der Waals surface area contributed by atoms with Crippen molar-refractivity contribution in [2.45, 2.75) is 32.7 Å². The van der Waals surface area contributed by atoms with E-state index in [9.17, 15) is 14.4 Å². The molecular weight excluding hydrogens is 292 g/mol. The van der Waals surface area contributed by atoms with Crippen LogP contribution in [0.25, 0.3) is 0 Å². The van der Waals surface area contributed by atoms with Crippen LogP contribution >= 0.6 is 11.6 Å². The molecule has 0 aromatic heterocycles. The molecule has 1 aromatic carbocycles. The second-order valence-corrected chi connectivity index (χ2v) is 5.52. The molecule has 1 aliphatic heterocycles. The maximum Gasteiger partial charge on any atom is 0.300 e. The summed E-state index contributed by atoms with van der Waals surface area (Å²) in [6.45, 7) is 3.76. The molecule has 0 saturated carbocycles. The van der Waals surface area contributed by atoms with Crippen LogP contribution < -0.4 is 10.2 Å². The quantitative estimate of drug-likeness (QED) is 0.848. The molecule has 1 aromatic rings. The molecule has 1 atom stereocenters. The molecule has 21 heavy (non-hydrogen) atoms. The largest absolute Gasteiger partial charge is 0.352 e. The standard InChI is InChI=1S/C15H17ClN2O3/c1-3-5-9(2)17-12(19)8-18-11-7-4-6-10(16)13(11)14(20)15(18)21/h4,6-7,9H,3,5,8H2,1-2H3,(H,17,19). The summed E-state index contributed by atoms with van der Waals surface area (Å²) < 4.78 is 0. The van der Waals surface area contributed by atoms with E-state index < -0.39 is 11.7 Å². The van der Waals surface area contributed by atoms with Gasteiger partial charge in [-0.15, -0.1) is 0 Å². The van der Waals surface area contributed by atoms with Crippen LogP contribution in [0.2, 0.25) is 5.02 Å². The van der Waals surface area contributed by atoms with Gasteiger partial charge in [0.05, 0.1) is 16.3 Å². The maximum atomic E-state index is 12.0. The number of carbonyl (C=O) groups excluding carboxylic acids is 3. The topological polar surface area (TPSA) is 66.5 Å². The number of ketones is 1. The highest BCUT2D eigenvalue weighted by atomic mass is 35.5. The Bertz CT molecular complexity index is 601. The number of nitrogens with one attached hydrogen (secondary N) is 1. The van der Waals surface area contributed by atoms with Crippen LogP contribution in [-0.4, -0.2) is 30.2 Å². The normalized spacial score (nSPS) is 15.1. The second-order valence-electron chi connectivity index (χ2n) is 5.11. The van der Waals surface area contributed by atoms with Crippen molar-refractivity contribution >= 4 is 34.9 Å². The Balaban J connectivity index is 2.15. The van der Waals surface area contributed by atoms with Gasteiger partial charge in [-0.3, -0.25) is 19.3 Å². The number of halogens is 1. The summed E-state index contributed by atoms with van der Waals surface area (Å²) in [4.78, 5) is 37.1. The first-order chi connectivity index (χ1) is 9.95. The molecule has 0 fully saturated rings. The predicted molar refractivity (Wildman–Crippen MR) is 80.6 cm³/mol. The minimum Gasteiger partial charge on any atom is -0.352 e. The SMILES string of the molecule is CCCC(C)NC(=O)CN1C(=O)C(=O)c2c(Cl)cccc21. The van der Waals surface area contributed by atoms with Gasteiger partial charge in [-0.2, -0.15) is 0 Å². The number of hydrogen-bond donors (Lipinski definition) is 1. The van der Waals surface area contributed by atoms with E-state index in [0.29, 0.717) is 5.69 Å². The molecule has 1 unspecified atom stereocenters. The number of rotatable bonds is 5. The van der Waals surface area contributed by atoms with E-state index >= 15 is 0 Å². The molecule has 2 amide bonds. The number of fused-ring (bicyclic) bond motifs is 1. The lowest BCUT2D eigenvalue weighted by Crippen LogP contribution is -2.43. The summed E-state index contributed by atoms with van der Waals surface area (Å²) in [7, 11) is 0. The maximum absolute atomic E-state index is 12.0. The summed E-state index contributed by atoms with van der Waals surface area (Å²) in [6, 6.07) is 4.86. The monoisotopic (exact) mass is 308 g/mol. The zero-order chi connectivity index (χ0) is 15.6. The van der Waals surface area contributed by atoms with Crippen LogP contribution in [0.15, 0.2) is 18.2 Å². The van der Waals surface area contributed by atoms with Crippen molar-refractivity contribution in [2.75, 3.05) is 11.4 Å². The van der Waals surface area contributed by atoms with E-state index in [0.717, 1.165) is 12.8 Å². The first-order valence-electron chi connectivity index (χ1n) is 6.89. The highest BCUT2D eigenvalue weighted by molar-refractivity contribution is 6.55. The Hall–Kier alpha value is -1.88. The average molecular weight is 309 g/mol. The first-order valence-corrected chi connectivity index (χ1v) is 7.27. The van der Waals surface area contributed by atoms with Gasteiger partial charge < -0.3 is 5.32 Å². The Morgan fingerprint density at radius 2 is 2.10 bits per heavy atom. The molecule has 0 aliphatic carbocycles. The second kappa shape index (κ2) is 6.26. The number of anilines is 1. The lowest BCUT2D eigenvalue weighted by molar-refractivity contribution is -0.122. The van der Waals surface area contributed by atoms with E-state index in [-0.39, 0.29) is 29.1 Å². The molecule has 2 rings (SSSR count). The van der Waals surface area contributed by atoms with Gasteiger partial charge >= 0.3 is 0 Å². The van der Waals surface area contributed by atoms with Gasteiger partial charge in [0.15, 0.2) is 0 Å². The van der Waals surface area contributed by atoms with Gasteiger partial charge in [0.1, 0.15) is 6.54 Å². The Kier molecular flexibility index (Phi) is 4.63. The Morgan fingerprint density at radius 1 is 1.38 bits per heavy atom. The molecule has 6 heteroatoms. The van der Waals surface area contributed by atoms with E-state index in [1.54, 1.807) is 18.2 Å². The molecule has 0 spiro atoms. The van der Waals surface area contributed by atoms with Crippen molar-refractivity contribution in [2.24, 2.45) is 0 Å². The van der Waals surface area contributed by atoms with E-state index in [1.165, 1.54) is 4.90 Å². The average Bonchev–Trinajstić information content (AvgIpc) is 2.65. The van der Waals surface area contributed by atoms with Gasteiger partial charge in [0, 0.05) is 6.04 Å². The third-order valence-corrected chi connectivity index (χ3v) is 3.69. The molecule has 112 valence electrons. The number of amides is 2. The van der Waals surface area contributed by atoms with Gasteiger partial charge in [0.2, 0.25) is 5.91 Å². The van der Waals surface area contributed by atoms with Crippen molar-refractivity contribution in [3.05, 3.63) is 28.8 Å². The smallest absolute Gasteiger partial charge is 0.300 e. The number of hydrogen-bond acceptors (Lipinski definition) is 3. The number of Topliss-reactive ketones (excluding diaryl/α,β-unsaturated/α-hetero) is 1. The van der Waals surface area contributed by atoms with Crippen LogP contribution in [0.1, 0.15) is 37.0 Å². The first kappa shape index (κ1) is 15.5. The number of nitrogens with zero attached hydrogens (tertiary/aromatic N) is 1. The fourth-order valence-corrected chi connectivity index (χ4v) is 2.68. The molecule has 0 saturated heterocycles. The van der Waals surface area contributed by atoms with Crippen LogP contribution in [0.4, 0.5) is 5.69 Å². The van der Waals surface area contributed by atoms with E-state index in [2.05, 4.69) is 5.32 Å². The van der Waals surface area contributed by atoms with Crippen LogP contribution in [0, 0.1) is 0 Å². The van der Waals surface area contributed by atoms with Crippen LogP contribution in [0.5, 0.6) is 0 Å². The number of benzene rings is 1. The molecule has 0 radical (unpaired) electrons. The van der Waals surface area contributed by atoms with Crippen molar-refractivity contribution in [1.82, 2.24) is 5.32 Å². The minimum absolute atomic E-state index is 0.0368. The lowest BCUT2D eigenvalue weighted by atomic mass is 10.1. The van der Waals surface area contributed by atoms with Crippen molar-refractivity contribution in [3.63, 3.8) is 0 Å². The molecule has 1 heterocycles. The highest BCUT2D eigenvalue weighted by Crippen LogP contribution is 2.33. The van der Waals surface area contributed by atoms with E-state index in [4.69, 9.17) is 11.6 Å². The van der Waals surface area contributed by atoms with Gasteiger partial charge in [0.25, 0.3) is 11.7 Å². The summed E-state index contributed by atoms with van der Waals surface area (Å²) in [6.07, 6.45) is 1.82. The lowest BCUT2D eigenvalue weighted by Gasteiger charge is -2.18.